The van der Waals surface area contributed by atoms with Crippen molar-refractivity contribution in [2.24, 2.45) is 0 Å². The zero-order valence-corrected chi connectivity index (χ0v) is 17.3. The molecule has 0 aliphatic rings. The van der Waals surface area contributed by atoms with Crippen molar-refractivity contribution < 1.29 is 31.9 Å². The predicted molar refractivity (Wildman–Crippen MR) is 86.7 cm³/mol. The van der Waals surface area contributed by atoms with E-state index in [0.29, 0.717) is 0 Å². The summed E-state index contributed by atoms with van der Waals surface area (Å²) in [6.45, 7) is 0. The number of hydrogen-bond donors (Lipinski definition) is 0. The van der Waals surface area contributed by atoms with Gasteiger partial charge in [0.1, 0.15) is 0 Å². The normalized spacial score (nSPS) is 9.45. The molecule has 0 saturated carbocycles. The largest absolute Gasteiger partial charge is 2.00 e. The van der Waals surface area contributed by atoms with Crippen LogP contribution in [0.2, 0.25) is 0 Å². The van der Waals surface area contributed by atoms with Gasteiger partial charge in [0, 0.05) is 3.57 Å². The van der Waals surface area contributed by atoms with E-state index >= 15 is 0 Å². The van der Waals surface area contributed by atoms with Crippen LogP contribution in [0.5, 0.6) is 0 Å². The summed E-state index contributed by atoms with van der Waals surface area (Å²) < 4.78 is 1.27. The average molecular weight is 462 g/mol. The van der Waals surface area contributed by atoms with Gasteiger partial charge in [0.15, 0.2) is 0 Å². The zero-order valence-electron chi connectivity index (χ0n) is 10.6. The van der Waals surface area contributed by atoms with Crippen molar-refractivity contribution in [3.05, 3.63) is 69.6 Å². The molecule has 20 heavy (non-hydrogen) atoms. The summed E-state index contributed by atoms with van der Waals surface area (Å²) in [5.41, 5.74) is 3.78. The quantitative estimate of drug-likeness (QED) is 0.312. The molecule has 0 radical (unpaired) electrons. The molecular formula is C16H10ClISZn. The molecule has 0 bridgehead atoms. The van der Waals surface area contributed by atoms with Crippen molar-refractivity contribution in [3.63, 3.8) is 0 Å². The summed E-state index contributed by atoms with van der Waals surface area (Å²) in [7, 11) is 0. The maximum Gasteiger partial charge on any atom is 2.00 e. The van der Waals surface area contributed by atoms with Crippen LogP contribution < -0.4 is 12.4 Å². The second-order valence-electron chi connectivity index (χ2n) is 4.00. The first-order valence-corrected chi connectivity index (χ1v) is 7.55. The molecule has 0 unspecified atom stereocenters. The maximum atomic E-state index is 3.12. The Morgan fingerprint density at radius 2 is 1.25 bits per heavy atom. The van der Waals surface area contributed by atoms with E-state index in [1.54, 1.807) is 11.3 Å². The van der Waals surface area contributed by atoms with Gasteiger partial charge >= 0.3 is 19.5 Å². The number of thiophene rings is 1. The molecule has 2 aromatic carbocycles. The van der Waals surface area contributed by atoms with Crippen LogP contribution >= 0.6 is 33.9 Å². The molecule has 0 spiro atoms. The number of benzene rings is 2. The minimum Gasteiger partial charge on any atom is -1.00 e. The minimum atomic E-state index is 0. The molecule has 1 aromatic heterocycles. The smallest absolute Gasteiger partial charge is 1.00 e. The standard InChI is InChI=1S/C16H10IS.ClH.Zn/c17-15-9-7-13(8-10-15)12-3-5-14(6-4-12)16-2-1-11-18-16;;/h1-10H;1H;/q-1;;+2/p-1. The van der Waals surface area contributed by atoms with Crippen molar-refractivity contribution in [2.45, 2.75) is 0 Å². The Bertz CT molecular complexity index is 633. The second kappa shape index (κ2) is 8.28. The molecule has 0 fully saturated rings. The van der Waals surface area contributed by atoms with E-state index in [-0.39, 0.29) is 31.9 Å². The first-order valence-electron chi connectivity index (χ1n) is 5.65. The number of halogens is 2. The van der Waals surface area contributed by atoms with E-state index < -0.39 is 0 Å². The summed E-state index contributed by atoms with van der Waals surface area (Å²) in [6, 6.07) is 21.4. The van der Waals surface area contributed by atoms with Crippen LogP contribution in [0.15, 0.2) is 60.7 Å². The molecule has 0 atom stereocenters. The molecule has 0 aliphatic heterocycles. The minimum absolute atomic E-state index is 0. The van der Waals surface area contributed by atoms with Crippen molar-refractivity contribution in [1.29, 1.82) is 0 Å². The van der Waals surface area contributed by atoms with Crippen LogP contribution in [-0.2, 0) is 19.5 Å². The van der Waals surface area contributed by atoms with E-state index in [0.717, 1.165) is 0 Å². The van der Waals surface area contributed by atoms with E-state index in [4.69, 9.17) is 0 Å². The Labute approximate surface area is 155 Å². The van der Waals surface area contributed by atoms with Crippen LogP contribution in [0.3, 0.4) is 0 Å². The molecule has 3 rings (SSSR count). The van der Waals surface area contributed by atoms with Gasteiger partial charge in [-0.1, -0.05) is 42.0 Å². The summed E-state index contributed by atoms with van der Waals surface area (Å²) >= 11 is 3.98. The second-order valence-corrected chi connectivity index (χ2v) is 6.13. The molecular weight excluding hydrogens is 452 g/mol. The number of rotatable bonds is 2. The molecule has 4 heteroatoms. The van der Waals surface area contributed by atoms with Gasteiger partial charge in [-0.05, 0) is 45.9 Å². The Morgan fingerprint density at radius 1 is 0.750 bits per heavy atom. The first-order chi connectivity index (χ1) is 8.83. The number of hydrogen-bond acceptors (Lipinski definition) is 1. The summed E-state index contributed by atoms with van der Waals surface area (Å²) in [5, 5.41) is 3.12. The Kier molecular flexibility index (Phi) is 7.38. The fraction of sp³-hybridized carbons (Fsp3) is 0. The van der Waals surface area contributed by atoms with Crippen LogP contribution in [0, 0.1) is 8.95 Å². The molecule has 0 aliphatic carbocycles. The molecule has 0 N–H and O–H groups in total. The zero-order chi connectivity index (χ0) is 12.4. The molecule has 0 nitrogen and oxygen atoms in total. The van der Waals surface area contributed by atoms with Gasteiger partial charge < -0.3 is 12.4 Å². The van der Waals surface area contributed by atoms with Gasteiger partial charge in [0.05, 0.1) is 0 Å². The summed E-state index contributed by atoms with van der Waals surface area (Å²) in [6.07, 6.45) is 0. The van der Waals surface area contributed by atoms with Gasteiger partial charge in [0.2, 0.25) is 0 Å². The molecule has 0 saturated heterocycles. The van der Waals surface area contributed by atoms with Crippen LogP contribution in [0.25, 0.3) is 21.6 Å². The predicted octanol–water partition coefficient (Wildman–Crippen LogP) is 2.49. The molecule has 1 heterocycles. The van der Waals surface area contributed by atoms with Gasteiger partial charge in [-0.3, -0.25) is 11.3 Å². The van der Waals surface area contributed by atoms with Crippen molar-refractivity contribution in [2.75, 3.05) is 0 Å². The Hall–Kier alpha value is -0.217. The van der Waals surface area contributed by atoms with Crippen molar-refractivity contribution in [3.8, 4) is 21.6 Å². The van der Waals surface area contributed by atoms with E-state index in [9.17, 15) is 0 Å². The van der Waals surface area contributed by atoms with Crippen molar-refractivity contribution >= 4 is 33.9 Å². The van der Waals surface area contributed by atoms with Crippen LogP contribution in [-0.4, -0.2) is 0 Å². The Balaban J connectivity index is 0.000001000. The molecule has 0 amide bonds. The van der Waals surface area contributed by atoms with Gasteiger partial charge in [-0.25, -0.2) is 0 Å². The van der Waals surface area contributed by atoms with E-state index in [2.05, 4.69) is 82.6 Å². The third kappa shape index (κ3) is 4.14. The van der Waals surface area contributed by atoms with Crippen molar-refractivity contribution in [1.82, 2.24) is 0 Å². The third-order valence-corrected chi connectivity index (χ3v) is 4.38. The average Bonchev–Trinajstić information content (AvgIpc) is 2.94. The van der Waals surface area contributed by atoms with E-state index in [1.165, 1.54) is 25.1 Å². The SMILES string of the molecule is Ic1ccc(-c2ccc(-c3cc[c-]s3)cc2)cc1.[Cl-].[Zn+2]. The Morgan fingerprint density at radius 3 is 1.75 bits per heavy atom. The molecule has 3 aromatic rings. The molecule has 96 valence electrons. The van der Waals surface area contributed by atoms with E-state index in [1.807, 2.05) is 6.07 Å². The van der Waals surface area contributed by atoms with Gasteiger partial charge in [-0.2, -0.15) is 12.1 Å². The first kappa shape index (κ1) is 17.8. The van der Waals surface area contributed by atoms with Crippen LogP contribution in [0.1, 0.15) is 0 Å². The van der Waals surface area contributed by atoms with Gasteiger partial charge in [0.25, 0.3) is 0 Å². The van der Waals surface area contributed by atoms with Crippen LogP contribution in [0.4, 0.5) is 0 Å². The summed E-state index contributed by atoms with van der Waals surface area (Å²) in [5.74, 6) is 0. The monoisotopic (exact) mass is 460 g/mol. The third-order valence-electron chi connectivity index (χ3n) is 2.82. The summed E-state index contributed by atoms with van der Waals surface area (Å²) in [4.78, 5) is 1.27. The fourth-order valence-electron chi connectivity index (χ4n) is 1.87. The fourth-order valence-corrected chi connectivity index (χ4v) is 2.88. The van der Waals surface area contributed by atoms with Gasteiger partial charge in [-0.15, -0.1) is 10.3 Å². The topological polar surface area (TPSA) is 0 Å². The maximum absolute atomic E-state index is 3.12.